The van der Waals surface area contributed by atoms with E-state index < -0.39 is 0 Å². The van der Waals surface area contributed by atoms with Crippen LogP contribution in [-0.2, 0) is 4.74 Å². The van der Waals surface area contributed by atoms with Crippen LogP contribution in [0, 0.1) is 0 Å². The summed E-state index contributed by atoms with van der Waals surface area (Å²) in [6, 6.07) is 11.7. The summed E-state index contributed by atoms with van der Waals surface area (Å²) >= 11 is 0. The second kappa shape index (κ2) is 5.33. The number of anilines is 2. The Balaban J connectivity index is 1.95. The average molecular weight is 284 g/mol. The van der Waals surface area contributed by atoms with Crippen LogP contribution in [0.1, 0.15) is 13.8 Å². The third-order valence-corrected chi connectivity index (χ3v) is 3.51. The molecule has 0 bridgehead atoms. The normalized spacial score (nSPS) is 17.7. The Kier molecular flexibility index (Phi) is 3.51. The van der Waals surface area contributed by atoms with E-state index in [0.29, 0.717) is 18.2 Å². The second-order valence-electron chi connectivity index (χ2n) is 5.87. The topological polar surface area (TPSA) is 64.3 Å². The SMILES string of the molecule is CC1(C)CN(c2cc(N)nc(-c3ccccc3)n2)CCO1. The fourth-order valence-corrected chi connectivity index (χ4v) is 2.54. The minimum atomic E-state index is -0.176. The van der Waals surface area contributed by atoms with Crippen molar-refractivity contribution in [1.82, 2.24) is 9.97 Å². The first kappa shape index (κ1) is 13.8. The smallest absolute Gasteiger partial charge is 0.163 e. The Morgan fingerprint density at radius 2 is 1.95 bits per heavy atom. The third-order valence-electron chi connectivity index (χ3n) is 3.51. The van der Waals surface area contributed by atoms with Crippen molar-refractivity contribution in [2.45, 2.75) is 19.4 Å². The van der Waals surface area contributed by atoms with Crippen LogP contribution in [0.3, 0.4) is 0 Å². The average Bonchev–Trinajstić information content (AvgIpc) is 2.46. The van der Waals surface area contributed by atoms with E-state index in [1.165, 1.54) is 0 Å². The van der Waals surface area contributed by atoms with Gasteiger partial charge < -0.3 is 15.4 Å². The molecule has 0 spiro atoms. The molecule has 21 heavy (non-hydrogen) atoms. The maximum Gasteiger partial charge on any atom is 0.163 e. The largest absolute Gasteiger partial charge is 0.384 e. The Labute approximate surface area is 124 Å². The lowest BCUT2D eigenvalue weighted by atomic mass is 10.1. The summed E-state index contributed by atoms with van der Waals surface area (Å²) in [5, 5.41) is 0. The summed E-state index contributed by atoms with van der Waals surface area (Å²) in [5.41, 5.74) is 6.76. The van der Waals surface area contributed by atoms with Gasteiger partial charge in [0.05, 0.1) is 12.2 Å². The molecule has 1 aliphatic rings. The summed E-state index contributed by atoms with van der Waals surface area (Å²) in [7, 11) is 0. The van der Waals surface area contributed by atoms with Crippen LogP contribution in [0.25, 0.3) is 11.4 Å². The lowest BCUT2D eigenvalue weighted by Crippen LogP contribution is -2.48. The number of ether oxygens (including phenoxy) is 1. The van der Waals surface area contributed by atoms with Crippen LogP contribution in [0.4, 0.5) is 11.6 Å². The highest BCUT2D eigenvalue weighted by molar-refractivity contribution is 5.60. The van der Waals surface area contributed by atoms with Crippen molar-refractivity contribution in [2.75, 3.05) is 30.3 Å². The summed E-state index contributed by atoms with van der Waals surface area (Å²) in [6.45, 7) is 6.47. The lowest BCUT2D eigenvalue weighted by molar-refractivity contribution is -0.0279. The third kappa shape index (κ3) is 3.13. The molecule has 1 saturated heterocycles. The van der Waals surface area contributed by atoms with Crippen molar-refractivity contribution in [2.24, 2.45) is 0 Å². The molecule has 0 radical (unpaired) electrons. The fourth-order valence-electron chi connectivity index (χ4n) is 2.54. The van der Waals surface area contributed by atoms with Gasteiger partial charge in [-0.25, -0.2) is 9.97 Å². The van der Waals surface area contributed by atoms with Gasteiger partial charge in [0, 0.05) is 24.7 Å². The number of hydrogen-bond donors (Lipinski definition) is 1. The predicted molar refractivity (Wildman–Crippen MR) is 84.1 cm³/mol. The fraction of sp³-hybridized carbons (Fsp3) is 0.375. The summed E-state index contributed by atoms with van der Waals surface area (Å²) in [4.78, 5) is 11.2. The van der Waals surface area contributed by atoms with Gasteiger partial charge in [-0.3, -0.25) is 0 Å². The Morgan fingerprint density at radius 1 is 1.19 bits per heavy atom. The zero-order valence-electron chi connectivity index (χ0n) is 12.4. The van der Waals surface area contributed by atoms with Crippen molar-refractivity contribution in [3.63, 3.8) is 0 Å². The molecule has 1 fully saturated rings. The molecule has 0 unspecified atom stereocenters. The van der Waals surface area contributed by atoms with Crippen molar-refractivity contribution < 1.29 is 4.74 Å². The van der Waals surface area contributed by atoms with Crippen LogP contribution >= 0.6 is 0 Å². The van der Waals surface area contributed by atoms with E-state index in [4.69, 9.17) is 10.5 Å². The highest BCUT2D eigenvalue weighted by Gasteiger charge is 2.28. The standard InChI is InChI=1S/C16H20N4O/c1-16(2)11-20(8-9-21-16)14-10-13(17)18-15(19-14)12-6-4-3-5-7-12/h3-7,10H,8-9,11H2,1-2H3,(H2,17,18,19). The van der Waals surface area contributed by atoms with Crippen LogP contribution in [-0.4, -0.2) is 35.3 Å². The molecule has 1 aromatic carbocycles. The Bertz CT molecular complexity index is 627. The maximum atomic E-state index is 5.96. The molecular formula is C16H20N4O. The van der Waals surface area contributed by atoms with Crippen LogP contribution < -0.4 is 10.6 Å². The zero-order chi connectivity index (χ0) is 14.9. The van der Waals surface area contributed by atoms with E-state index in [-0.39, 0.29) is 5.60 Å². The summed E-state index contributed by atoms with van der Waals surface area (Å²) in [5.74, 6) is 2.01. The van der Waals surface area contributed by atoms with E-state index in [9.17, 15) is 0 Å². The number of nitrogens with zero attached hydrogens (tertiary/aromatic N) is 3. The molecule has 110 valence electrons. The zero-order valence-corrected chi connectivity index (χ0v) is 12.4. The van der Waals surface area contributed by atoms with Crippen molar-refractivity contribution in [3.8, 4) is 11.4 Å². The molecule has 3 rings (SSSR count). The maximum absolute atomic E-state index is 5.96. The predicted octanol–water partition coefficient (Wildman–Crippen LogP) is 2.34. The van der Waals surface area contributed by atoms with E-state index >= 15 is 0 Å². The monoisotopic (exact) mass is 284 g/mol. The van der Waals surface area contributed by atoms with Gasteiger partial charge in [-0.2, -0.15) is 0 Å². The van der Waals surface area contributed by atoms with E-state index in [2.05, 4.69) is 28.7 Å². The van der Waals surface area contributed by atoms with Crippen molar-refractivity contribution in [3.05, 3.63) is 36.4 Å². The number of hydrogen-bond acceptors (Lipinski definition) is 5. The molecule has 1 aliphatic heterocycles. The molecule has 0 atom stereocenters. The molecule has 0 aliphatic carbocycles. The summed E-state index contributed by atoms with van der Waals surface area (Å²) in [6.07, 6.45) is 0. The van der Waals surface area contributed by atoms with E-state index in [1.807, 2.05) is 36.4 Å². The van der Waals surface area contributed by atoms with Gasteiger partial charge in [0.15, 0.2) is 5.82 Å². The molecule has 2 aromatic rings. The van der Waals surface area contributed by atoms with Crippen LogP contribution in [0.5, 0.6) is 0 Å². The van der Waals surface area contributed by atoms with Crippen LogP contribution in [0.15, 0.2) is 36.4 Å². The minimum absolute atomic E-state index is 0.176. The van der Waals surface area contributed by atoms with Crippen molar-refractivity contribution >= 4 is 11.6 Å². The summed E-state index contributed by atoms with van der Waals surface area (Å²) < 4.78 is 5.75. The minimum Gasteiger partial charge on any atom is -0.384 e. The number of nitrogens with two attached hydrogens (primary N) is 1. The van der Waals surface area contributed by atoms with Gasteiger partial charge in [0.25, 0.3) is 0 Å². The van der Waals surface area contributed by atoms with Crippen molar-refractivity contribution in [1.29, 1.82) is 0 Å². The molecule has 5 nitrogen and oxygen atoms in total. The highest BCUT2D eigenvalue weighted by Crippen LogP contribution is 2.25. The molecule has 2 N–H and O–H groups in total. The van der Waals surface area contributed by atoms with E-state index in [1.54, 1.807) is 0 Å². The Hall–Kier alpha value is -2.14. The quantitative estimate of drug-likeness (QED) is 0.917. The molecule has 0 amide bonds. The van der Waals surface area contributed by atoms with Gasteiger partial charge >= 0.3 is 0 Å². The van der Waals surface area contributed by atoms with Gasteiger partial charge in [0.2, 0.25) is 0 Å². The molecule has 5 heteroatoms. The van der Waals surface area contributed by atoms with Gasteiger partial charge in [-0.1, -0.05) is 30.3 Å². The number of morpholine rings is 1. The van der Waals surface area contributed by atoms with Gasteiger partial charge in [-0.05, 0) is 13.8 Å². The van der Waals surface area contributed by atoms with Gasteiger partial charge in [-0.15, -0.1) is 0 Å². The first-order chi connectivity index (χ1) is 10.0. The number of aromatic nitrogens is 2. The van der Waals surface area contributed by atoms with Gasteiger partial charge in [0.1, 0.15) is 11.6 Å². The van der Waals surface area contributed by atoms with Crippen LogP contribution in [0.2, 0.25) is 0 Å². The molecular weight excluding hydrogens is 264 g/mol. The lowest BCUT2D eigenvalue weighted by Gasteiger charge is -2.38. The first-order valence-electron chi connectivity index (χ1n) is 7.12. The second-order valence-corrected chi connectivity index (χ2v) is 5.87. The number of benzene rings is 1. The Morgan fingerprint density at radius 3 is 2.67 bits per heavy atom. The van der Waals surface area contributed by atoms with E-state index in [0.717, 1.165) is 24.5 Å². The molecule has 0 saturated carbocycles. The molecule has 1 aromatic heterocycles. The first-order valence-corrected chi connectivity index (χ1v) is 7.12. The number of rotatable bonds is 2. The highest BCUT2D eigenvalue weighted by atomic mass is 16.5. The number of nitrogen functional groups attached to an aromatic ring is 1. The molecule has 2 heterocycles.